The van der Waals surface area contributed by atoms with Gasteiger partial charge in [0.2, 0.25) is 0 Å². The van der Waals surface area contributed by atoms with E-state index in [-0.39, 0.29) is 5.38 Å². The van der Waals surface area contributed by atoms with Crippen molar-refractivity contribution < 1.29 is 0 Å². The van der Waals surface area contributed by atoms with Crippen molar-refractivity contribution in [3.63, 3.8) is 0 Å². The lowest BCUT2D eigenvalue weighted by molar-refractivity contribution is 0.339. The molecule has 1 aromatic carbocycles. The maximum Gasteiger partial charge on any atom is 0.0869 e. The largest absolute Gasteiger partial charge is 0.285 e. The predicted octanol–water partition coefficient (Wildman–Crippen LogP) is 3.74. The first-order valence-corrected chi connectivity index (χ1v) is 6.50. The molecule has 0 aliphatic carbocycles. The van der Waals surface area contributed by atoms with Crippen molar-refractivity contribution in [2.24, 2.45) is 0 Å². The zero-order valence-electron chi connectivity index (χ0n) is 9.44. The molecule has 0 saturated heterocycles. The van der Waals surface area contributed by atoms with E-state index in [0.29, 0.717) is 19.6 Å². The van der Waals surface area contributed by atoms with Gasteiger partial charge in [0, 0.05) is 17.6 Å². The zero-order chi connectivity index (χ0) is 12.7. The summed E-state index contributed by atoms with van der Waals surface area (Å²) in [5.74, 6) is 0. The highest BCUT2D eigenvalue weighted by molar-refractivity contribution is 9.10. The molecule has 0 spiro atoms. The van der Waals surface area contributed by atoms with Gasteiger partial charge in [-0.2, -0.15) is 5.26 Å². The summed E-state index contributed by atoms with van der Waals surface area (Å²) in [6, 6.07) is 10.0. The van der Waals surface area contributed by atoms with Gasteiger partial charge in [0.05, 0.1) is 18.0 Å². The second-order valence-electron chi connectivity index (χ2n) is 3.66. The molecule has 1 atom stereocenters. The van der Waals surface area contributed by atoms with Gasteiger partial charge in [-0.25, -0.2) is 0 Å². The third-order valence-corrected chi connectivity index (χ3v) is 3.25. The Morgan fingerprint density at radius 3 is 2.65 bits per heavy atom. The molecule has 17 heavy (non-hydrogen) atoms. The number of rotatable bonds is 6. The normalized spacial score (nSPS) is 12.1. The topological polar surface area (TPSA) is 27.0 Å². The van der Waals surface area contributed by atoms with Gasteiger partial charge in [-0.1, -0.05) is 34.1 Å². The van der Waals surface area contributed by atoms with Crippen LogP contribution in [0.5, 0.6) is 0 Å². The lowest BCUT2D eigenvalue weighted by Gasteiger charge is -2.20. The molecular formula is C13H14BrClN2. The fourth-order valence-electron chi connectivity index (χ4n) is 1.49. The summed E-state index contributed by atoms with van der Waals surface area (Å²) in [6.45, 7) is 5.36. The first kappa shape index (κ1) is 14.2. The van der Waals surface area contributed by atoms with Crippen molar-refractivity contribution in [2.45, 2.75) is 5.38 Å². The van der Waals surface area contributed by atoms with Gasteiger partial charge in [0.15, 0.2) is 0 Å². The molecule has 0 radical (unpaired) electrons. The Kier molecular flexibility index (Phi) is 6.28. The highest BCUT2D eigenvalue weighted by Crippen LogP contribution is 2.23. The number of nitrogens with zero attached hydrogens (tertiary/aromatic N) is 2. The van der Waals surface area contributed by atoms with E-state index < -0.39 is 0 Å². The monoisotopic (exact) mass is 312 g/mol. The van der Waals surface area contributed by atoms with E-state index >= 15 is 0 Å². The van der Waals surface area contributed by atoms with E-state index in [1.165, 1.54) is 0 Å². The van der Waals surface area contributed by atoms with Crippen LogP contribution in [0.4, 0.5) is 0 Å². The molecule has 4 heteroatoms. The van der Waals surface area contributed by atoms with Gasteiger partial charge in [0.25, 0.3) is 0 Å². The van der Waals surface area contributed by atoms with E-state index in [9.17, 15) is 0 Å². The Morgan fingerprint density at radius 1 is 1.47 bits per heavy atom. The lowest BCUT2D eigenvalue weighted by Crippen LogP contribution is -2.27. The summed E-state index contributed by atoms with van der Waals surface area (Å²) in [5.41, 5.74) is 1.06. The van der Waals surface area contributed by atoms with Crippen molar-refractivity contribution in [1.29, 1.82) is 5.26 Å². The number of alkyl halides is 1. The third kappa shape index (κ3) is 4.91. The number of halogens is 2. The highest BCUT2D eigenvalue weighted by atomic mass is 79.9. The van der Waals surface area contributed by atoms with Crippen LogP contribution in [-0.4, -0.2) is 24.5 Å². The maximum atomic E-state index is 8.71. The van der Waals surface area contributed by atoms with Crippen LogP contribution in [0.2, 0.25) is 0 Å². The van der Waals surface area contributed by atoms with Crippen molar-refractivity contribution in [3.8, 4) is 6.07 Å². The van der Waals surface area contributed by atoms with Crippen LogP contribution < -0.4 is 0 Å². The number of hydrogen-bond donors (Lipinski definition) is 0. The van der Waals surface area contributed by atoms with Crippen LogP contribution in [-0.2, 0) is 0 Å². The Bertz CT molecular complexity index is 397. The number of nitriles is 1. The van der Waals surface area contributed by atoms with E-state index in [2.05, 4.69) is 28.6 Å². The zero-order valence-corrected chi connectivity index (χ0v) is 11.8. The summed E-state index contributed by atoms with van der Waals surface area (Å²) in [4.78, 5) is 1.96. The van der Waals surface area contributed by atoms with Gasteiger partial charge in [-0.15, -0.1) is 18.2 Å². The van der Waals surface area contributed by atoms with Gasteiger partial charge in [-0.05, 0) is 17.7 Å². The van der Waals surface area contributed by atoms with Gasteiger partial charge < -0.3 is 0 Å². The van der Waals surface area contributed by atoms with Crippen LogP contribution >= 0.6 is 27.5 Å². The quantitative estimate of drug-likeness (QED) is 0.454. The lowest BCUT2D eigenvalue weighted by atomic mass is 10.1. The van der Waals surface area contributed by atoms with Crippen LogP contribution in [0, 0.1) is 11.3 Å². The Balaban J connectivity index is 2.63. The van der Waals surface area contributed by atoms with E-state index in [1.54, 1.807) is 6.08 Å². The summed E-state index contributed by atoms with van der Waals surface area (Å²) in [5, 5.41) is 8.59. The molecule has 0 aliphatic heterocycles. The van der Waals surface area contributed by atoms with Crippen LogP contribution in [0.1, 0.15) is 10.9 Å². The minimum absolute atomic E-state index is 0.114. The third-order valence-electron chi connectivity index (χ3n) is 2.33. The summed E-state index contributed by atoms with van der Waals surface area (Å²) in [6.07, 6.45) is 1.78. The molecule has 1 rings (SSSR count). The predicted molar refractivity (Wildman–Crippen MR) is 75.0 cm³/mol. The first-order valence-electron chi connectivity index (χ1n) is 5.27. The van der Waals surface area contributed by atoms with E-state index in [0.717, 1.165) is 10.0 Å². The maximum absolute atomic E-state index is 8.71. The first-order chi connectivity index (χ1) is 8.17. The SMILES string of the molecule is C=CCN(CC#N)C[C@H](Cl)c1ccc(Br)cc1. The molecular weight excluding hydrogens is 300 g/mol. The average molecular weight is 314 g/mol. The fourth-order valence-corrected chi connectivity index (χ4v) is 2.09. The van der Waals surface area contributed by atoms with E-state index in [4.69, 9.17) is 16.9 Å². The highest BCUT2D eigenvalue weighted by Gasteiger charge is 2.12. The Morgan fingerprint density at radius 2 is 2.12 bits per heavy atom. The summed E-state index contributed by atoms with van der Waals surface area (Å²) in [7, 11) is 0. The molecule has 0 aliphatic rings. The van der Waals surface area contributed by atoms with Crippen molar-refractivity contribution in [2.75, 3.05) is 19.6 Å². The number of hydrogen-bond acceptors (Lipinski definition) is 2. The van der Waals surface area contributed by atoms with Crippen LogP contribution in [0.15, 0.2) is 41.4 Å². The molecule has 0 N–H and O–H groups in total. The molecule has 1 aromatic rings. The molecule has 90 valence electrons. The van der Waals surface area contributed by atoms with Gasteiger partial charge in [-0.3, -0.25) is 4.90 Å². The summed E-state index contributed by atoms with van der Waals surface area (Å²) < 4.78 is 1.03. The molecule has 0 saturated carbocycles. The second-order valence-corrected chi connectivity index (χ2v) is 5.10. The Labute approximate surface area is 116 Å². The molecule has 0 amide bonds. The standard InChI is InChI=1S/C13H14BrClN2/c1-2-8-17(9-7-16)10-13(15)11-3-5-12(14)6-4-11/h2-6,13H,1,8-10H2/t13-/m0/s1. The fraction of sp³-hybridized carbons (Fsp3) is 0.308. The molecule has 0 aromatic heterocycles. The van der Waals surface area contributed by atoms with Gasteiger partial charge in [0.1, 0.15) is 0 Å². The van der Waals surface area contributed by atoms with Crippen LogP contribution in [0.3, 0.4) is 0 Å². The molecule has 2 nitrogen and oxygen atoms in total. The summed E-state index contributed by atoms with van der Waals surface area (Å²) >= 11 is 9.71. The van der Waals surface area contributed by atoms with Crippen molar-refractivity contribution in [3.05, 3.63) is 47.0 Å². The van der Waals surface area contributed by atoms with Crippen molar-refractivity contribution in [1.82, 2.24) is 4.90 Å². The molecule has 0 bridgehead atoms. The van der Waals surface area contributed by atoms with Gasteiger partial charge >= 0.3 is 0 Å². The Hall–Kier alpha value is -0.820. The minimum Gasteiger partial charge on any atom is -0.285 e. The molecule has 0 heterocycles. The minimum atomic E-state index is -0.114. The second kappa shape index (κ2) is 7.50. The molecule has 0 unspecified atom stereocenters. The average Bonchev–Trinajstić information content (AvgIpc) is 2.30. The van der Waals surface area contributed by atoms with E-state index in [1.807, 2.05) is 29.2 Å². The van der Waals surface area contributed by atoms with Crippen LogP contribution in [0.25, 0.3) is 0 Å². The molecule has 0 fully saturated rings. The number of benzene rings is 1. The smallest absolute Gasteiger partial charge is 0.0869 e. The van der Waals surface area contributed by atoms with Crippen molar-refractivity contribution >= 4 is 27.5 Å².